The molecule has 1 unspecified atom stereocenters. The summed E-state index contributed by atoms with van der Waals surface area (Å²) in [7, 11) is 3.34. The van der Waals surface area contributed by atoms with Crippen LogP contribution in [-0.2, 0) is 4.74 Å². The first-order chi connectivity index (χ1) is 18.4. The van der Waals surface area contributed by atoms with Crippen LogP contribution in [0.4, 0.5) is 13.6 Å². The van der Waals surface area contributed by atoms with Gasteiger partial charge in [0, 0.05) is 32.6 Å². The minimum absolute atomic E-state index is 0.108. The number of carbonyl (C=O) groups is 2. The minimum Gasteiger partial charge on any atom is -0.444 e. The van der Waals surface area contributed by atoms with Crippen LogP contribution in [0, 0.1) is 11.8 Å². The van der Waals surface area contributed by atoms with Crippen molar-refractivity contribution in [2.45, 2.75) is 58.8 Å². The van der Waals surface area contributed by atoms with Crippen molar-refractivity contribution < 1.29 is 27.8 Å². The van der Waals surface area contributed by atoms with Crippen LogP contribution in [0.3, 0.4) is 0 Å². The number of amides is 2. The molecule has 1 aliphatic heterocycles. The van der Waals surface area contributed by atoms with E-state index in [0.29, 0.717) is 41.8 Å². The monoisotopic (exact) mass is 538 g/mol. The molecule has 0 spiro atoms. The zero-order chi connectivity index (χ0) is 28.5. The molecule has 8 nitrogen and oxygen atoms in total. The number of alkyl halides is 2. The molecule has 4 rings (SSSR count). The van der Waals surface area contributed by atoms with Crippen molar-refractivity contribution >= 4 is 23.0 Å². The molecular weight excluding hydrogens is 506 g/mol. The quantitative estimate of drug-likeness (QED) is 0.386. The standard InChI is InChI=1S/C29H32F2N4O4/c1-7-21-25-32-20-15-14-18(11-8-9-16-33(5)28(37)39-29(2,3)4)17-22(20)35(25)24-19(26(36)34(21)6)12-10-13-23(24)38-27(30)31/h10,12-15,17,21,27H,7,9,16H2,1-6H3. The molecule has 0 radical (unpaired) electrons. The van der Waals surface area contributed by atoms with Crippen LogP contribution in [0.25, 0.3) is 16.7 Å². The van der Waals surface area contributed by atoms with Gasteiger partial charge in [0.25, 0.3) is 5.91 Å². The average Bonchev–Trinajstić information content (AvgIpc) is 3.19. The molecule has 0 saturated heterocycles. The Morgan fingerprint density at radius 3 is 2.64 bits per heavy atom. The number of para-hydroxylation sites is 1. The number of hydrogen-bond donors (Lipinski definition) is 0. The molecule has 0 bridgehead atoms. The Morgan fingerprint density at radius 2 is 1.97 bits per heavy atom. The number of imidazole rings is 1. The number of carbonyl (C=O) groups excluding carboxylic acids is 2. The fraction of sp³-hybridized carbons (Fsp3) is 0.414. The highest BCUT2D eigenvalue weighted by Crippen LogP contribution is 2.40. The number of benzene rings is 2. The molecule has 206 valence electrons. The molecule has 0 aliphatic carbocycles. The second kappa shape index (κ2) is 10.9. The molecule has 3 aromatic rings. The van der Waals surface area contributed by atoms with Gasteiger partial charge in [0.05, 0.1) is 22.6 Å². The number of hydrogen-bond acceptors (Lipinski definition) is 5. The van der Waals surface area contributed by atoms with Gasteiger partial charge in [-0.05, 0) is 57.5 Å². The first-order valence-corrected chi connectivity index (χ1v) is 12.7. The van der Waals surface area contributed by atoms with Crippen LogP contribution in [-0.4, -0.2) is 64.2 Å². The van der Waals surface area contributed by atoms with E-state index in [4.69, 9.17) is 14.5 Å². The van der Waals surface area contributed by atoms with Gasteiger partial charge in [0.15, 0.2) is 5.75 Å². The van der Waals surface area contributed by atoms with Gasteiger partial charge in [0.1, 0.15) is 17.1 Å². The summed E-state index contributed by atoms with van der Waals surface area (Å²) in [5, 5.41) is 0. The van der Waals surface area contributed by atoms with Crippen LogP contribution in [0.2, 0.25) is 0 Å². The summed E-state index contributed by atoms with van der Waals surface area (Å²) >= 11 is 0. The average molecular weight is 539 g/mol. The number of nitrogens with zero attached hydrogens (tertiary/aromatic N) is 4. The third-order valence-corrected chi connectivity index (χ3v) is 6.33. The summed E-state index contributed by atoms with van der Waals surface area (Å²) in [6, 6.07) is 9.64. The Balaban J connectivity index is 1.74. The minimum atomic E-state index is -3.06. The molecule has 1 aromatic heterocycles. The lowest BCUT2D eigenvalue weighted by molar-refractivity contribution is -0.0498. The first kappa shape index (κ1) is 27.9. The smallest absolute Gasteiger partial charge is 0.410 e. The normalized spacial score (nSPS) is 14.8. The van der Waals surface area contributed by atoms with Gasteiger partial charge in [-0.15, -0.1) is 0 Å². The van der Waals surface area contributed by atoms with Gasteiger partial charge in [-0.1, -0.05) is 24.8 Å². The van der Waals surface area contributed by atoms with Crippen molar-refractivity contribution in [3.63, 3.8) is 0 Å². The van der Waals surface area contributed by atoms with Gasteiger partial charge in [0.2, 0.25) is 0 Å². The zero-order valence-electron chi connectivity index (χ0n) is 22.9. The maximum absolute atomic E-state index is 13.4. The maximum Gasteiger partial charge on any atom is 0.410 e. The van der Waals surface area contributed by atoms with Gasteiger partial charge in [-0.25, -0.2) is 9.78 Å². The molecule has 2 aromatic carbocycles. The molecule has 39 heavy (non-hydrogen) atoms. The topological polar surface area (TPSA) is 76.9 Å². The van der Waals surface area contributed by atoms with Crippen LogP contribution in [0.1, 0.15) is 68.3 Å². The summed E-state index contributed by atoms with van der Waals surface area (Å²) in [6.07, 6.45) is 0.575. The van der Waals surface area contributed by atoms with Crippen molar-refractivity contribution in [1.29, 1.82) is 0 Å². The fourth-order valence-corrected chi connectivity index (χ4v) is 4.53. The SMILES string of the molecule is CCC1c2nc3ccc(C#CCCN(C)C(=O)OC(C)(C)C)cc3n2-c2c(OC(F)F)cccc2C(=O)N1C. The van der Waals surface area contributed by atoms with Crippen LogP contribution in [0.15, 0.2) is 36.4 Å². The van der Waals surface area contributed by atoms with Crippen molar-refractivity contribution in [1.82, 2.24) is 19.4 Å². The van der Waals surface area contributed by atoms with E-state index in [1.54, 1.807) is 29.6 Å². The highest BCUT2D eigenvalue weighted by Gasteiger charge is 2.35. The fourth-order valence-electron chi connectivity index (χ4n) is 4.53. The Hall–Kier alpha value is -4.13. The molecule has 0 fully saturated rings. The molecular formula is C29H32F2N4O4. The summed E-state index contributed by atoms with van der Waals surface area (Å²) in [4.78, 5) is 33.4. The largest absolute Gasteiger partial charge is 0.444 e. The molecule has 10 heteroatoms. The van der Waals surface area contributed by atoms with Gasteiger partial charge < -0.3 is 19.3 Å². The van der Waals surface area contributed by atoms with Crippen molar-refractivity contribution in [3.8, 4) is 23.3 Å². The predicted molar refractivity (Wildman–Crippen MR) is 143 cm³/mol. The predicted octanol–water partition coefficient (Wildman–Crippen LogP) is 5.77. The van der Waals surface area contributed by atoms with Gasteiger partial charge >= 0.3 is 12.7 Å². The van der Waals surface area contributed by atoms with E-state index in [2.05, 4.69) is 11.8 Å². The first-order valence-electron chi connectivity index (χ1n) is 12.7. The molecule has 0 saturated carbocycles. The Labute approximate surface area is 226 Å². The molecule has 0 N–H and O–H groups in total. The van der Waals surface area contributed by atoms with E-state index in [1.165, 1.54) is 17.0 Å². The van der Waals surface area contributed by atoms with Crippen molar-refractivity contribution in [2.24, 2.45) is 0 Å². The van der Waals surface area contributed by atoms with Crippen molar-refractivity contribution in [2.75, 3.05) is 20.6 Å². The molecule has 1 atom stereocenters. The van der Waals surface area contributed by atoms with Gasteiger partial charge in [-0.3, -0.25) is 9.36 Å². The number of halogens is 2. The van der Waals surface area contributed by atoms with E-state index < -0.39 is 18.3 Å². The zero-order valence-corrected chi connectivity index (χ0v) is 22.9. The Kier molecular flexibility index (Phi) is 7.82. The highest BCUT2D eigenvalue weighted by molar-refractivity contribution is 6.00. The lowest BCUT2D eigenvalue weighted by Crippen LogP contribution is -2.34. The Morgan fingerprint density at radius 1 is 1.23 bits per heavy atom. The number of ether oxygens (including phenoxy) is 2. The summed E-state index contributed by atoms with van der Waals surface area (Å²) in [5.74, 6) is 6.32. The second-order valence-corrected chi connectivity index (χ2v) is 10.3. The highest BCUT2D eigenvalue weighted by atomic mass is 19.3. The summed E-state index contributed by atoms with van der Waals surface area (Å²) in [6.45, 7) is 4.69. The van der Waals surface area contributed by atoms with E-state index in [-0.39, 0.29) is 28.9 Å². The number of fused-ring (bicyclic) bond motifs is 5. The number of rotatable bonds is 5. The second-order valence-electron chi connectivity index (χ2n) is 10.3. The lowest BCUT2D eigenvalue weighted by Gasteiger charge is -2.24. The molecule has 1 aliphatic rings. The summed E-state index contributed by atoms with van der Waals surface area (Å²) < 4.78 is 38.7. The van der Waals surface area contributed by atoms with E-state index in [1.807, 2.05) is 45.9 Å². The maximum atomic E-state index is 13.4. The lowest BCUT2D eigenvalue weighted by atomic mass is 10.1. The van der Waals surface area contributed by atoms with Crippen LogP contribution in [0.5, 0.6) is 5.75 Å². The van der Waals surface area contributed by atoms with E-state index in [0.717, 1.165) is 0 Å². The molecule has 2 amide bonds. The van der Waals surface area contributed by atoms with Crippen LogP contribution < -0.4 is 4.74 Å². The third kappa shape index (κ3) is 5.82. The third-order valence-electron chi connectivity index (χ3n) is 6.33. The van der Waals surface area contributed by atoms with Gasteiger partial charge in [-0.2, -0.15) is 8.78 Å². The Bertz CT molecular complexity index is 1470. The van der Waals surface area contributed by atoms with Crippen molar-refractivity contribution in [3.05, 3.63) is 53.3 Å². The van der Waals surface area contributed by atoms with E-state index >= 15 is 0 Å². The summed E-state index contributed by atoms with van der Waals surface area (Å²) in [5.41, 5.74) is 1.83. The van der Waals surface area contributed by atoms with E-state index in [9.17, 15) is 18.4 Å². The van der Waals surface area contributed by atoms with Crippen LogP contribution >= 0.6 is 0 Å². The molecule has 2 heterocycles. The number of aromatic nitrogens is 2.